The summed E-state index contributed by atoms with van der Waals surface area (Å²) in [4.78, 5) is 5.03. The second-order valence-electron chi connectivity index (χ2n) is 7.70. The molecule has 3 aromatic carbocycles. The molecule has 1 aliphatic rings. The number of benzene rings is 3. The smallest absolute Gasteiger partial charge is 0.232 e. The molecule has 4 aromatic rings. The fraction of sp³-hybridized carbons (Fsp3) is 0.174. The number of nitrogens with zero attached hydrogens (tertiary/aromatic N) is 3. The molecular weight excluding hydrogens is 446 g/mol. The molecule has 9 heteroatoms. The van der Waals surface area contributed by atoms with Crippen molar-refractivity contribution in [1.82, 2.24) is 13.3 Å². The molecule has 0 spiro atoms. The van der Waals surface area contributed by atoms with Crippen LogP contribution in [0, 0.1) is 0 Å². The molecule has 7 nitrogen and oxygen atoms in total. The highest BCUT2D eigenvalue weighted by molar-refractivity contribution is 7.90. The van der Waals surface area contributed by atoms with E-state index in [0.717, 1.165) is 0 Å². The van der Waals surface area contributed by atoms with Gasteiger partial charge in [0.1, 0.15) is 5.82 Å². The van der Waals surface area contributed by atoms with Crippen molar-refractivity contribution in [3.05, 3.63) is 90.8 Å². The van der Waals surface area contributed by atoms with Crippen LogP contribution in [0.1, 0.15) is 18.2 Å². The molecule has 1 aromatic heterocycles. The first-order chi connectivity index (χ1) is 15.4. The Kier molecular flexibility index (Phi) is 5.11. The lowest BCUT2D eigenvalue weighted by Crippen LogP contribution is -2.29. The van der Waals surface area contributed by atoms with Gasteiger partial charge in [-0.3, -0.25) is 0 Å². The highest BCUT2D eigenvalue weighted by Crippen LogP contribution is 2.34. The summed E-state index contributed by atoms with van der Waals surface area (Å²) in [5.74, 6) is 0.0141. The van der Waals surface area contributed by atoms with E-state index in [0.29, 0.717) is 29.8 Å². The van der Waals surface area contributed by atoms with E-state index in [-0.39, 0.29) is 22.3 Å². The number of hydrogen-bond acceptors (Lipinski definition) is 5. The lowest BCUT2D eigenvalue weighted by Gasteiger charge is -2.17. The van der Waals surface area contributed by atoms with E-state index in [2.05, 4.69) is 4.98 Å². The summed E-state index contributed by atoms with van der Waals surface area (Å²) in [6.45, 7) is 0.474. The van der Waals surface area contributed by atoms with Crippen LogP contribution in [0.2, 0.25) is 0 Å². The Morgan fingerprint density at radius 1 is 0.719 bits per heavy atom. The normalized spacial score (nSPS) is 17.7. The highest BCUT2D eigenvalue weighted by atomic mass is 32.2. The monoisotopic (exact) mass is 467 g/mol. The second kappa shape index (κ2) is 7.84. The number of rotatable bonds is 5. The number of hydrogen-bond donors (Lipinski definition) is 0. The number of aromatic nitrogens is 2. The Hall–Kier alpha value is -3.01. The predicted octanol–water partition coefficient (Wildman–Crippen LogP) is 3.45. The molecule has 0 radical (unpaired) electrons. The predicted molar refractivity (Wildman–Crippen MR) is 121 cm³/mol. The van der Waals surface area contributed by atoms with Crippen LogP contribution >= 0.6 is 0 Å². The number of fused-ring (bicyclic) bond motifs is 1. The molecule has 0 aliphatic carbocycles. The van der Waals surface area contributed by atoms with Crippen molar-refractivity contribution in [3.63, 3.8) is 0 Å². The summed E-state index contributed by atoms with van der Waals surface area (Å²) in [6.07, 6.45) is 0.486. The van der Waals surface area contributed by atoms with Crippen LogP contribution in [0.15, 0.2) is 94.7 Å². The first-order valence-corrected chi connectivity index (χ1v) is 13.1. The van der Waals surface area contributed by atoms with E-state index in [1.165, 1.54) is 8.28 Å². The third-order valence-electron chi connectivity index (χ3n) is 5.72. The Morgan fingerprint density at radius 3 is 1.94 bits per heavy atom. The second-order valence-corrected chi connectivity index (χ2v) is 11.4. The number of sulfonamides is 1. The fourth-order valence-electron chi connectivity index (χ4n) is 4.13. The Balaban J connectivity index is 1.58. The molecule has 2 heterocycles. The lowest BCUT2D eigenvalue weighted by molar-refractivity contribution is 0.471. The van der Waals surface area contributed by atoms with Gasteiger partial charge in [-0.05, 0) is 42.8 Å². The molecule has 1 saturated heterocycles. The van der Waals surface area contributed by atoms with Crippen LogP contribution in [0.4, 0.5) is 0 Å². The molecule has 1 aliphatic heterocycles. The molecule has 1 fully saturated rings. The Morgan fingerprint density at radius 2 is 1.28 bits per heavy atom. The minimum absolute atomic E-state index is 0.163. The maximum Gasteiger partial charge on any atom is 0.269 e. The number of imidazole rings is 1. The molecule has 1 atom stereocenters. The van der Waals surface area contributed by atoms with Crippen LogP contribution in [0.3, 0.4) is 0 Å². The van der Waals surface area contributed by atoms with Gasteiger partial charge in [0.2, 0.25) is 10.0 Å². The Bertz CT molecular complexity index is 1480. The van der Waals surface area contributed by atoms with Crippen LogP contribution < -0.4 is 0 Å². The van der Waals surface area contributed by atoms with Crippen molar-refractivity contribution in [2.75, 3.05) is 13.1 Å². The minimum Gasteiger partial charge on any atom is -0.232 e. The standard InChI is InChI=1S/C23H21N3O4S2/c27-31(28,19-9-3-1-4-10-19)25-16-15-18(17-25)23-24-21-13-7-8-14-22(21)26(23)32(29,30)20-11-5-2-6-12-20/h1-14,18H,15-17H2/t18-/m0/s1. The van der Waals surface area contributed by atoms with Gasteiger partial charge < -0.3 is 0 Å². The van der Waals surface area contributed by atoms with E-state index in [9.17, 15) is 16.8 Å². The topological polar surface area (TPSA) is 89.3 Å². The third-order valence-corrected chi connectivity index (χ3v) is 9.33. The van der Waals surface area contributed by atoms with Gasteiger partial charge in [-0.15, -0.1) is 0 Å². The van der Waals surface area contributed by atoms with Gasteiger partial charge in [-0.1, -0.05) is 48.5 Å². The highest BCUT2D eigenvalue weighted by Gasteiger charge is 2.37. The summed E-state index contributed by atoms with van der Waals surface area (Å²) in [7, 11) is -7.57. The SMILES string of the molecule is O=S(=O)(c1ccccc1)N1CC[C@H](c2nc3ccccc3n2S(=O)(=O)c2ccccc2)C1. The van der Waals surface area contributed by atoms with E-state index in [4.69, 9.17) is 0 Å². The summed E-state index contributed by atoms with van der Waals surface area (Å²) >= 11 is 0. The van der Waals surface area contributed by atoms with Crippen molar-refractivity contribution in [2.24, 2.45) is 0 Å². The van der Waals surface area contributed by atoms with Gasteiger partial charge in [0.05, 0.1) is 20.8 Å². The van der Waals surface area contributed by atoms with Gasteiger partial charge in [0, 0.05) is 19.0 Å². The molecule has 0 unspecified atom stereocenters. The molecule has 0 saturated carbocycles. The summed E-state index contributed by atoms with van der Waals surface area (Å²) in [5, 5.41) is 0. The quantitative estimate of drug-likeness (QED) is 0.449. The number of para-hydroxylation sites is 2. The van der Waals surface area contributed by atoms with Gasteiger partial charge in [-0.25, -0.2) is 25.8 Å². The average molecular weight is 468 g/mol. The van der Waals surface area contributed by atoms with Gasteiger partial charge in [0.25, 0.3) is 10.0 Å². The summed E-state index contributed by atoms with van der Waals surface area (Å²) < 4.78 is 56.0. The zero-order chi connectivity index (χ0) is 22.3. The fourth-order valence-corrected chi connectivity index (χ4v) is 7.21. The van der Waals surface area contributed by atoms with Crippen LogP contribution in [-0.2, 0) is 20.0 Å². The molecule has 32 heavy (non-hydrogen) atoms. The maximum absolute atomic E-state index is 13.6. The third kappa shape index (κ3) is 3.42. The van der Waals surface area contributed by atoms with Crippen molar-refractivity contribution >= 4 is 31.1 Å². The van der Waals surface area contributed by atoms with Crippen LogP contribution in [0.25, 0.3) is 11.0 Å². The first kappa shape index (κ1) is 20.9. The van der Waals surface area contributed by atoms with Gasteiger partial charge >= 0.3 is 0 Å². The minimum atomic E-state index is -3.91. The zero-order valence-electron chi connectivity index (χ0n) is 17.1. The average Bonchev–Trinajstić information content (AvgIpc) is 3.46. The van der Waals surface area contributed by atoms with E-state index >= 15 is 0 Å². The van der Waals surface area contributed by atoms with Crippen LogP contribution in [-0.4, -0.2) is 43.2 Å². The first-order valence-electron chi connectivity index (χ1n) is 10.2. The van der Waals surface area contributed by atoms with Gasteiger partial charge in [0.15, 0.2) is 0 Å². The van der Waals surface area contributed by atoms with Crippen molar-refractivity contribution in [2.45, 2.75) is 22.1 Å². The van der Waals surface area contributed by atoms with Crippen LogP contribution in [0.5, 0.6) is 0 Å². The molecule has 0 amide bonds. The van der Waals surface area contributed by atoms with Crippen molar-refractivity contribution in [1.29, 1.82) is 0 Å². The summed E-state index contributed by atoms with van der Waals surface area (Å²) in [6, 6.07) is 23.5. The van der Waals surface area contributed by atoms with Crippen molar-refractivity contribution in [3.8, 4) is 0 Å². The molecule has 164 valence electrons. The van der Waals surface area contributed by atoms with E-state index < -0.39 is 20.0 Å². The lowest BCUT2D eigenvalue weighted by atomic mass is 10.1. The van der Waals surface area contributed by atoms with E-state index in [1.807, 2.05) is 0 Å². The van der Waals surface area contributed by atoms with Crippen molar-refractivity contribution < 1.29 is 16.8 Å². The summed E-state index contributed by atoms with van der Waals surface area (Å²) in [5.41, 5.74) is 1.04. The van der Waals surface area contributed by atoms with E-state index in [1.54, 1.807) is 84.9 Å². The maximum atomic E-state index is 13.6. The largest absolute Gasteiger partial charge is 0.269 e. The van der Waals surface area contributed by atoms with Gasteiger partial charge in [-0.2, -0.15) is 4.31 Å². The molecular formula is C23H21N3O4S2. The zero-order valence-corrected chi connectivity index (χ0v) is 18.7. The molecule has 0 bridgehead atoms. The molecule has 5 rings (SSSR count). The Labute approximate surface area is 187 Å². The molecule has 0 N–H and O–H groups in total.